The van der Waals surface area contributed by atoms with E-state index in [0.29, 0.717) is 6.61 Å². The quantitative estimate of drug-likeness (QED) is 0.569. The van der Waals surface area contributed by atoms with E-state index in [1.807, 2.05) is 18.2 Å². The summed E-state index contributed by atoms with van der Waals surface area (Å²) in [5.74, 6) is 0.913. The molecule has 0 spiro atoms. The van der Waals surface area contributed by atoms with E-state index in [1.54, 1.807) is 11.3 Å². The molecule has 21 heavy (non-hydrogen) atoms. The molecule has 0 aliphatic heterocycles. The van der Waals surface area contributed by atoms with Crippen molar-refractivity contribution in [2.75, 3.05) is 0 Å². The Morgan fingerprint density at radius 3 is 2.29 bits per heavy atom. The summed E-state index contributed by atoms with van der Waals surface area (Å²) >= 11 is 5.16. The summed E-state index contributed by atoms with van der Waals surface area (Å²) in [5, 5.41) is 2.07. The molecule has 0 N–H and O–H groups in total. The average Bonchev–Trinajstić information content (AvgIpc) is 2.93. The Bertz CT molecular complexity index is 689. The van der Waals surface area contributed by atoms with Gasteiger partial charge >= 0.3 is 0 Å². The fraction of sp³-hybridized carbons (Fsp3) is 0.111. The highest BCUT2D eigenvalue weighted by Gasteiger charge is 2.00. The van der Waals surface area contributed by atoms with Crippen LogP contribution in [-0.2, 0) is 13.0 Å². The first-order valence-electron chi connectivity index (χ1n) is 6.78. The Morgan fingerprint density at radius 1 is 0.905 bits per heavy atom. The van der Waals surface area contributed by atoms with Gasteiger partial charge in [0.05, 0.1) is 0 Å². The van der Waals surface area contributed by atoms with Crippen molar-refractivity contribution < 1.29 is 4.74 Å². The maximum atomic E-state index is 5.80. The first kappa shape index (κ1) is 14.4. The molecule has 1 heterocycles. The molecule has 0 atom stereocenters. The van der Waals surface area contributed by atoms with Gasteiger partial charge in [0.2, 0.25) is 0 Å². The minimum atomic E-state index is 0.619. The van der Waals surface area contributed by atoms with Crippen LogP contribution in [0.3, 0.4) is 0 Å². The second kappa shape index (κ2) is 6.92. The highest BCUT2D eigenvalue weighted by atomic mass is 79.9. The van der Waals surface area contributed by atoms with Crippen LogP contribution in [0.1, 0.15) is 16.0 Å². The minimum absolute atomic E-state index is 0.619. The molecule has 0 aliphatic carbocycles. The van der Waals surface area contributed by atoms with Crippen molar-refractivity contribution in [3.8, 4) is 5.75 Å². The van der Waals surface area contributed by atoms with Gasteiger partial charge in [-0.2, -0.15) is 0 Å². The van der Waals surface area contributed by atoms with Crippen LogP contribution in [0.25, 0.3) is 0 Å². The van der Waals surface area contributed by atoms with E-state index in [1.165, 1.54) is 16.0 Å². The Kier molecular flexibility index (Phi) is 4.73. The van der Waals surface area contributed by atoms with Gasteiger partial charge in [0.1, 0.15) is 12.4 Å². The number of hydrogen-bond acceptors (Lipinski definition) is 2. The molecule has 3 rings (SSSR count). The zero-order valence-electron chi connectivity index (χ0n) is 11.5. The molecule has 0 saturated heterocycles. The lowest BCUT2D eigenvalue weighted by molar-refractivity contribution is 0.309. The third-order valence-electron chi connectivity index (χ3n) is 3.18. The Balaban J connectivity index is 1.59. The van der Waals surface area contributed by atoms with Crippen LogP contribution in [0.2, 0.25) is 0 Å². The molecule has 0 unspecified atom stereocenters. The van der Waals surface area contributed by atoms with Crippen molar-refractivity contribution in [3.05, 3.63) is 86.5 Å². The van der Waals surface area contributed by atoms with Crippen molar-refractivity contribution in [2.24, 2.45) is 0 Å². The van der Waals surface area contributed by atoms with Gasteiger partial charge in [-0.3, -0.25) is 0 Å². The molecule has 1 nitrogen and oxygen atoms in total. The number of hydrogen-bond donors (Lipinski definition) is 0. The number of halogens is 1. The van der Waals surface area contributed by atoms with Crippen LogP contribution in [0, 0.1) is 0 Å². The largest absolute Gasteiger partial charge is 0.488 e. The van der Waals surface area contributed by atoms with E-state index in [2.05, 4.69) is 63.8 Å². The van der Waals surface area contributed by atoms with Crippen molar-refractivity contribution in [2.45, 2.75) is 13.0 Å². The van der Waals surface area contributed by atoms with E-state index >= 15 is 0 Å². The fourth-order valence-electron chi connectivity index (χ4n) is 2.12. The van der Waals surface area contributed by atoms with Crippen molar-refractivity contribution in [1.82, 2.24) is 0 Å². The van der Waals surface area contributed by atoms with Gasteiger partial charge in [-0.05, 0) is 51.7 Å². The summed E-state index contributed by atoms with van der Waals surface area (Å²) in [7, 11) is 0. The molecular formula is C18H15BrOS. The molecule has 3 heteroatoms. The topological polar surface area (TPSA) is 9.23 Å². The number of rotatable bonds is 5. The maximum absolute atomic E-state index is 5.80. The van der Waals surface area contributed by atoms with Crippen LogP contribution in [-0.4, -0.2) is 0 Å². The van der Waals surface area contributed by atoms with Crippen molar-refractivity contribution in [3.63, 3.8) is 0 Å². The molecule has 0 bridgehead atoms. The summed E-state index contributed by atoms with van der Waals surface area (Å²) in [5.41, 5.74) is 2.63. The molecule has 0 aliphatic rings. The van der Waals surface area contributed by atoms with Crippen LogP contribution in [0.15, 0.2) is 70.5 Å². The molecule has 3 aromatic rings. The van der Waals surface area contributed by atoms with Gasteiger partial charge in [0, 0.05) is 14.7 Å². The van der Waals surface area contributed by atoms with Crippen LogP contribution < -0.4 is 4.74 Å². The third-order valence-corrected chi connectivity index (χ3v) is 4.85. The fourth-order valence-corrected chi connectivity index (χ4v) is 3.48. The van der Waals surface area contributed by atoms with Gasteiger partial charge < -0.3 is 4.74 Å². The first-order valence-corrected chi connectivity index (χ1v) is 8.45. The lowest BCUT2D eigenvalue weighted by Crippen LogP contribution is -1.93. The highest BCUT2D eigenvalue weighted by Crippen LogP contribution is 2.22. The van der Waals surface area contributed by atoms with Gasteiger partial charge in [0.25, 0.3) is 0 Å². The van der Waals surface area contributed by atoms with Gasteiger partial charge in [-0.15, -0.1) is 11.3 Å². The first-order chi connectivity index (χ1) is 10.3. The SMILES string of the molecule is Brc1csc(COc2ccc(Cc3ccccc3)cc2)c1. The minimum Gasteiger partial charge on any atom is -0.488 e. The third kappa shape index (κ3) is 4.19. The zero-order valence-corrected chi connectivity index (χ0v) is 13.9. The van der Waals surface area contributed by atoms with Crippen LogP contribution in [0.4, 0.5) is 0 Å². The monoisotopic (exact) mass is 358 g/mol. The van der Waals surface area contributed by atoms with Gasteiger partial charge in [-0.25, -0.2) is 0 Å². The molecule has 0 saturated carbocycles. The molecule has 0 fully saturated rings. The predicted octanol–water partition coefficient (Wildman–Crippen LogP) is 5.68. The molecule has 1 aromatic heterocycles. The van der Waals surface area contributed by atoms with E-state index in [0.717, 1.165) is 16.6 Å². The van der Waals surface area contributed by atoms with Gasteiger partial charge in [0.15, 0.2) is 0 Å². The molecule has 0 radical (unpaired) electrons. The predicted molar refractivity (Wildman–Crippen MR) is 92.0 cm³/mol. The summed E-state index contributed by atoms with van der Waals surface area (Å²) in [6.45, 7) is 0.619. The molecule has 2 aromatic carbocycles. The smallest absolute Gasteiger partial charge is 0.122 e. The Hall–Kier alpha value is -1.58. The van der Waals surface area contributed by atoms with E-state index in [-0.39, 0.29) is 0 Å². The average molecular weight is 359 g/mol. The lowest BCUT2D eigenvalue weighted by Gasteiger charge is -2.06. The molecular weight excluding hydrogens is 344 g/mol. The van der Waals surface area contributed by atoms with E-state index in [4.69, 9.17) is 4.74 Å². The summed E-state index contributed by atoms with van der Waals surface area (Å²) < 4.78 is 6.92. The van der Waals surface area contributed by atoms with Crippen LogP contribution >= 0.6 is 27.3 Å². The summed E-state index contributed by atoms with van der Waals surface area (Å²) in [4.78, 5) is 1.22. The highest BCUT2D eigenvalue weighted by molar-refractivity contribution is 9.10. The zero-order chi connectivity index (χ0) is 14.5. The number of benzene rings is 2. The number of thiophene rings is 1. The lowest BCUT2D eigenvalue weighted by atomic mass is 10.1. The van der Waals surface area contributed by atoms with E-state index in [9.17, 15) is 0 Å². The summed E-state index contributed by atoms with van der Waals surface area (Å²) in [6, 6.07) is 20.9. The van der Waals surface area contributed by atoms with Crippen molar-refractivity contribution >= 4 is 27.3 Å². The normalized spacial score (nSPS) is 10.5. The second-order valence-corrected chi connectivity index (χ2v) is 6.74. The Labute approximate surface area is 137 Å². The Morgan fingerprint density at radius 2 is 1.62 bits per heavy atom. The molecule has 106 valence electrons. The number of ether oxygens (including phenoxy) is 1. The standard InChI is InChI=1S/C18H15BrOS/c19-16-11-18(21-13-16)12-20-17-8-6-15(7-9-17)10-14-4-2-1-3-5-14/h1-9,11,13H,10,12H2. The van der Waals surface area contributed by atoms with E-state index < -0.39 is 0 Å². The summed E-state index contributed by atoms with van der Waals surface area (Å²) in [6.07, 6.45) is 0.957. The van der Waals surface area contributed by atoms with Crippen LogP contribution in [0.5, 0.6) is 5.75 Å². The van der Waals surface area contributed by atoms with Crippen molar-refractivity contribution in [1.29, 1.82) is 0 Å². The maximum Gasteiger partial charge on any atom is 0.122 e. The van der Waals surface area contributed by atoms with Gasteiger partial charge in [-0.1, -0.05) is 42.5 Å². The second-order valence-electron chi connectivity index (χ2n) is 4.83. The molecule has 0 amide bonds.